The highest BCUT2D eigenvalue weighted by Crippen LogP contribution is 2.40. The van der Waals surface area contributed by atoms with Crippen molar-refractivity contribution in [2.45, 2.75) is 155 Å². The van der Waals surface area contributed by atoms with Gasteiger partial charge in [-0.05, 0) is 157 Å². The third kappa shape index (κ3) is 10.1. The second kappa shape index (κ2) is 20.0. The summed E-state index contributed by atoms with van der Waals surface area (Å²) in [7, 11) is 0. The van der Waals surface area contributed by atoms with Crippen LogP contribution in [-0.2, 0) is 25.7 Å². The molecule has 0 unspecified atom stereocenters. The van der Waals surface area contributed by atoms with Crippen molar-refractivity contribution in [1.82, 2.24) is 0 Å². The molecule has 0 spiro atoms. The minimum Gasteiger partial charge on any atom is -0.455 e. The first-order chi connectivity index (χ1) is 27.0. The number of unbranched alkanes of at least 4 members (excludes halogenated alkanes) is 2. The van der Waals surface area contributed by atoms with Crippen molar-refractivity contribution in [1.29, 1.82) is 10.5 Å². The second-order valence-electron chi connectivity index (χ2n) is 16.7. The number of benzene rings is 4. The van der Waals surface area contributed by atoms with Crippen molar-refractivity contribution in [2.24, 2.45) is 11.8 Å². The van der Waals surface area contributed by atoms with E-state index < -0.39 is 0 Å². The third-order valence-electron chi connectivity index (χ3n) is 13.2. The van der Waals surface area contributed by atoms with Crippen LogP contribution in [0.2, 0.25) is 0 Å². The van der Waals surface area contributed by atoms with Crippen molar-refractivity contribution in [3.63, 3.8) is 0 Å². The Balaban J connectivity index is 1.18. The first kappa shape index (κ1) is 40.3. The van der Waals surface area contributed by atoms with Crippen LogP contribution in [0.5, 0.6) is 11.5 Å². The summed E-state index contributed by atoms with van der Waals surface area (Å²) >= 11 is 0. The highest BCUT2D eigenvalue weighted by molar-refractivity contribution is 5.59. The first-order valence-electron chi connectivity index (χ1n) is 21.9. The predicted octanol–water partition coefficient (Wildman–Crippen LogP) is 14.5. The molecule has 0 saturated heterocycles. The second-order valence-corrected chi connectivity index (χ2v) is 16.7. The van der Waals surface area contributed by atoms with E-state index in [4.69, 9.17) is 4.74 Å². The molecule has 0 atom stereocenters. The zero-order valence-corrected chi connectivity index (χ0v) is 34.3. The smallest absolute Gasteiger partial charge is 0.145 e. The zero-order valence-electron chi connectivity index (χ0n) is 34.3. The Morgan fingerprint density at radius 1 is 0.509 bits per heavy atom. The summed E-state index contributed by atoms with van der Waals surface area (Å²) in [6.07, 6.45) is 21.7. The van der Waals surface area contributed by atoms with Crippen LogP contribution in [-0.4, -0.2) is 0 Å². The molecule has 0 aromatic heterocycles. The van der Waals surface area contributed by atoms with Crippen LogP contribution in [0.1, 0.15) is 185 Å². The van der Waals surface area contributed by atoms with E-state index in [1.807, 2.05) is 12.1 Å². The molecule has 6 rings (SSSR count). The highest BCUT2D eigenvalue weighted by atomic mass is 16.5. The normalized spacial score (nSPS) is 19.7. The largest absolute Gasteiger partial charge is 0.455 e. The Hall–Kier alpha value is -4.34. The maximum atomic E-state index is 10.6. The summed E-state index contributed by atoms with van der Waals surface area (Å²) in [5.74, 6) is 4.18. The summed E-state index contributed by atoms with van der Waals surface area (Å²) in [6, 6.07) is 31.4. The summed E-state index contributed by atoms with van der Waals surface area (Å²) < 4.78 is 6.60. The lowest BCUT2D eigenvalue weighted by atomic mass is 9.77. The number of nitrogens with zero attached hydrogens (tertiary/aromatic N) is 2. The summed E-state index contributed by atoms with van der Waals surface area (Å²) in [5.41, 5.74) is 10.8. The first-order valence-corrected chi connectivity index (χ1v) is 21.9. The minimum absolute atomic E-state index is 0.520. The number of hydrogen-bond acceptors (Lipinski definition) is 3. The van der Waals surface area contributed by atoms with Gasteiger partial charge in [-0.3, -0.25) is 0 Å². The minimum atomic E-state index is 0.520. The zero-order chi connectivity index (χ0) is 38.6. The van der Waals surface area contributed by atoms with Gasteiger partial charge in [-0.1, -0.05) is 127 Å². The lowest BCUT2D eigenvalue weighted by molar-refractivity contribution is 0.304. The number of nitriles is 2. The van der Waals surface area contributed by atoms with Gasteiger partial charge >= 0.3 is 0 Å². The highest BCUT2D eigenvalue weighted by Gasteiger charge is 2.24. The summed E-state index contributed by atoms with van der Waals surface area (Å²) in [5, 5.41) is 21.2. The molecule has 2 fully saturated rings. The van der Waals surface area contributed by atoms with Crippen molar-refractivity contribution in [2.75, 3.05) is 0 Å². The van der Waals surface area contributed by atoms with E-state index in [2.05, 4.69) is 100 Å². The number of rotatable bonds is 16. The topological polar surface area (TPSA) is 56.8 Å². The standard InChI is InChI=1S/C52H64N2O/c1-5-9-11-37-13-21-43(22-14-37)45-25-17-39(18-26-45)33-47-41(7-3)29-31-51(49(47)35-53)55-52-32-30-42(8-4)48(50(52)36-54)34-40-19-27-46(28-20-40)44-23-15-38(16-24-44)12-10-6-2/h17-20,25-32,37-38,43-44H,5-16,21-24,33-34H2,1-4H3/t37-,38-,43-,44-. The Labute approximate surface area is 333 Å². The van der Waals surface area contributed by atoms with Gasteiger partial charge < -0.3 is 4.74 Å². The van der Waals surface area contributed by atoms with E-state index in [0.717, 1.165) is 46.9 Å². The lowest BCUT2D eigenvalue weighted by Crippen LogP contribution is -2.13. The molecule has 0 amide bonds. The molecule has 2 aliphatic carbocycles. The van der Waals surface area contributed by atoms with Crippen LogP contribution in [0.4, 0.5) is 0 Å². The van der Waals surface area contributed by atoms with Crippen molar-refractivity contribution >= 4 is 0 Å². The van der Waals surface area contributed by atoms with Gasteiger partial charge in [0.1, 0.15) is 23.6 Å². The lowest BCUT2D eigenvalue weighted by Gasteiger charge is -2.29. The van der Waals surface area contributed by atoms with E-state index in [-0.39, 0.29) is 0 Å². The molecule has 55 heavy (non-hydrogen) atoms. The van der Waals surface area contributed by atoms with Crippen LogP contribution >= 0.6 is 0 Å². The monoisotopic (exact) mass is 733 g/mol. The van der Waals surface area contributed by atoms with E-state index in [1.165, 1.54) is 112 Å². The molecule has 3 heteroatoms. The van der Waals surface area contributed by atoms with Gasteiger partial charge in [-0.15, -0.1) is 0 Å². The van der Waals surface area contributed by atoms with Gasteiger partial charge in [0.15, 0.2) is 0 Å². The van der Waals surface area contributed by atoms with Crippen molar-refractivity contribution in [3.05, 3.63) is 128 Å². The average Bonchev–Trinajstić information content (AvgIpc) is 3.23. The van der Waals surface area contributed by atoms with Gasteiger partial charge in [-0.25, -0.2) is 0 Å². The van der Waals surface area contributed by atoms with E-state index in [1.54, 1.807) is 0 Å². The van der Waals surface area contributed by atoms with Gasteiger partial charge in [0.05, 0.1) is 11.1 Å². The van der Waals surface area contributed by atoms with E-state index in [9.17, 15) is 10.5 Å². The van der Waals surface area contributed by atoms with Crippen molar-refractivity contribution in [3.8, 4) is 23.6 Å². The molecule has 0 heterocycles. The molecule has 4 aromatic rings. The van der Waals surface area contributed by atoms with E-state index in [0.29, 0.717) is 47.3 Å². The Morgan fingerprint density at radius 3 is 1.22 bits per heavy atom. The predicted molar refractivity (Wildman–Crippen MR) is 228 cm³/mol. The molecule has 0 radical (unpaired) electrons. The molecule has 0 aliphatic heterocycles. The fraction of sp³-hybridized carbons (Fsp3) is 0.500. The Kier molecular flexibility index (Phi) is 14.7. The van der Waals surface area contributed by atoms with Crippen LogP contribution in [0, 0.1) is 34.5 Å². The Morgan fingerprint density at radius 2 is 0.891 bits per heavy atom. The van der Waals surface area contributed by atoms with Gasteiger partial charge in [-0.2, -0.15) is 10.5 Å². The fourth-order valence-corrected chi connectivity index (χ4v) is 9.72. The van der Waals surface area contributed by atoms with Crippen molar-refractivity contribution < 1.29 is 4.74 Å². The molecular formula is C52H64N2O. The fourth-order valence-electron chi connectivity index (χ4n) is 9.72. The molecular weight excluding hydrogens is 669 g/mol. The van der Waals surface area contributed by atoms with Crippen LogP contribution in [0.25, 0.3) is 0 Å². The SMILES string of the molecule is CCCC[C@H]1CC[C@H](c2ccc(Cc3c(CC)ccc(Oc4ccc(CC)c(Cc5ccc([C@H]6CC[C@H](CCCC)CC6)cc5)c4C#N)c3C#N)cc2)CC1. The van der Waals surface area contributed by atoms with E-state index >= 15 is 0 Å². The molecule has 2 aliphatic rings. The van der Waals surface area contributed by atoms with Crippen LogP contribution in [0.3, 0.4) is 0 Å². The average molecular weight is 733 g/mol. The third-order valence-corrected chi connectivity index (χ3v) is 13.2. The molecule has 0 bridgehead atoms. The maximum absolute atomic E-state index is 10.6. The number of hydrogen-bond donors (Lipinski definition) is 0. The number of aryl methyl sites for hydroxylation is 2. The molecule has 4 aromatic carbocycles. The maximum Gasteiger partial charge on any atom is 0.145 e. The van der Waals surface area contributed by atoms with Crippen LogP contribution < -0.4 is 4.74 Å². The van der Waals surface area contributed by atoms with Gasteiger partial charge in [0.2, 0.25) is 0 Å². The molecule has 2 saturated carbocycles. The van der Waals surface area contributed by atoms with Crippen LogP contribution in [0.15, 0.2) is 72.8 Å². The van der Waals surface area contributed by atoms with Gasteiger partial charge in [0, 0.05) is 0 Å². The summed E-state index contributed by atoms with van der Waals surface area (Å²) in [4.78, 5) is 0. The molecule has 3 nitrogen and oxygen atoms in total. The molecule has 0 N–H and O–H groups in total. The Bertz CT molecular complexity index is 1770. The van der Waals surface area contributed by atoms with Gasteiger partial charge in [0.25, 0.3) is 0 Å². The quantitative estimate of drug-likeness (QED) is 0.115. The number of ether oxygens (including phenoxy) is 1. The molecule has 288 valence electrons. The summed E-state index contributed by atoms with van der Waals surface area (Å²) in [6.45, 7) is 8.89.